The van der Waals surface area contributed by atoms with Crippen LogP contribution in [0.3, 0.4) is 0 Å². The smallest absolute Gasteiger partial charge is 0.272 e. The summed E-state index contributed by atoms with van der Waals surface area (Å²) in [5.41, 5.74) is 4.67. The number of H-pyrrole nitrogens is 1. The number of nitrogens with zero attached hydrogens (tertiary/aromatic N) is 3. The van der Waals surface area contributed by atoms with Crippen LogP contribution < -0.4 is 4.74 Å². The zero-order valence-electron chi connectivity index (χ0n) is 19.6. The summed E-state index contributed by atoms with van der Waals surface area (Å²) in [6.07, 6.45) is 1.65. The van der Waals surface area contributed by atoms with Crippen molar-refractivity contribution in [2.45, 2.75) is 18.0 Å². The molecule has 1 atom stereocenters. The van der Waals surface area contributed by atoms with E-state index in [1.807, 2.05) is 47.4 Å². The van der Waals surface area contributed by atoms with Gasteiger partial charge in [-0.25, -0.2) is 0 Å². The highest BCUT2D eigenvalue weighted by atomic mass is 16.5. The van der Waals surface area contributed by atoms with Gasteiger partial charge in [0.2, 0.25) is 0 Å². The van der Waals surface area contributed by atoms with E-state index in [0.29, 0.717) is 18.8 Å². The molecule has 2 aliphatic heterocycles. The lowest BCUT2D eigenvalue weighted by atomic mass is 9.68. The first-order chi connectivity index (χ1) is 17.1. The third-order valence-electron chi connectivity index (χ3n) is 7.40. The average molecular weight is 469 g/mol. The topological polar surface area (TPSA) is 81.7 Å². The summed E-state index contributed by atoms with van der Waals surface area (Å²) in [5.74, 6) is 0.741. The number of hydrogen-bond acceptors (Lipinski definition) is 5. The van der Waals surface area contributed by atoms with Crippen molar-refractivity contribution in [1.29, 1.82) is 0 Å². The van der Waals surface area contributed by atoms with Gasteiger partial charge in [0.05, 0.1) is 19.8 Å². The Labute approximate surface area is 204 Å². The van der Waals surface area contributed by atoms with Gasteiger partial charge < -0.3 is 19.7 Å². The number of benzene rings is 2. The molecule has 0 aliphatic carbocycles. The van der Waals surface area contributed by atoms with Crippen LogP contribution in [0.2, 0.25) is 0 Å². The summed E-state index contributed by atoms with van der Waals surface area (Å²) in [5, 5.41) is 11.6. The number of rotatable bonds is 5. The first-order valence-corrected chi connectivity index (χ1v) is 11.9. The molecule has 178 valence electrons. The number of methoxy groups -OCH3 is 1. The lowest BCUT2D eigenvalue weighted by Crippen LogP contribution is -2.67. The van der Waals surface area contributed by atoms with E-state index in [-0.39, 0.29) is 24.0 Å². The summed E-state index contributed by atoms with van der Waals surface area (Å²) in [7, 11) is 1.66. The standard InChI is InChI=1S/C28H28N4O3/c1-35-20-10-11-21-23(13-20)30-26-24(15-33)31(14-19-7-3-2-4-8-19)16-28(25(21)26)17-32(18-28)27(34)22-9-5-6-12-29-22/h2-13,24,30,33H,14-18H2,1H3/t24-/m1/s1. The molecule has 1 fully saturated rings. The fourth-order valence-electron chi connectivity index (χ4n) is 5.83. The molecule has 35 heavy (non-hydrogen) atoms. The Morgan fingerprint density at radius 3 is 2.63 bits per heavy atom. The fourth-order valence-corrected chi connectivity index (χ4v) is 5.83. The minimum atomic E-state index is -0.229. The van der Waals surface area contributed by atoms with Gasteiger partial charge in [0, 0.05) is 60.5 Å². The lowest BCUT2D eigenvalue weighted by Gasteiger charge is -2.56. The van der Waals surface area contributed by atoms with E-state index in [1.54, 1.807) is 19.4 Å². The number of ether oxygens (including phenoxy) is 1. The van der Waals surface area contributed by atoms with Crippen molar-refractivity contribution in [2.24, 2.45) is 0 Å². The molecule has 1 amide bonds. The van der Waals surface area contributed by atoms with Crippen molar-refractivity contribution in [3.8, 4) is 5.75 Å². The van der Waals surface area contributed by atoms with Crippen LogP contribution in [0.5, 0.6) is 5.75 Å². The molecule has 4 heterocycles. The number of amides is 1. The second-order valence-electron chi connectivity index (χ2n) is 9.57. The molecule has 1 saturated heterocycles. The number of likely N-dealkylation sites (tertiary alicyclic amines) is 1. The molecule has 7 heteroatoms. The highest BCUT2D eigenvalue weighted by molar-refractivity contribution is 5.94. The van der Waals surface area contributed by atoms with Gasteiger partial charge in [0.15, 0.2) is 0 Å². The third kappa shape index (κ3) is 3.59. The maximum Gasteiger partial charge on any atom is 0.272 e. The molecule has 0 unspecified atom stereocenters. The van der Waals surface area contributed by atoms with Crippen LogP contribution in [-0.4, -0.2) is 64.1 Å². The van der Waals surface area contributed by atoms with Crippen molar-refractivity contribution in [1.82, 2.24) is 19.8 Å². The summed E-state index contributed by atoms with van der Waals surface area (Å²) in [6.45, 7) is 2.71. The van der Waals surface area contributed by atoms with Crippen molar-refractivity contribution in [3.05, 3.63) is 95.4 Å². The lowest BCUT2D eigenvalue weighted by molar-refractivity contribution is -0.00304. The second-order valence-corrected chi connectivity index (χ2v) is 9.57. The predicted octanol–water partition coefficient (Wildman–Crippen LogP) is 3.51. The van der Waals surface area contributed by atoms with Crippen LogP contribution in [0.25, 0.3) is 10.9 Å². The van der Waals surface area contributed by atoms with Crippen LogP contribution >= 0.6 is 0 Å². The quantitative estimate of drug-likeness (QED) is 0.469. The van der Waals surface area contributed by atoms with Gasteiger partial charge in [-0.2, -0.15) is 0 Å². The molecule has 0 radical (unpaired) electrons. The number of carbonyl (C=O) groups excluding carboxylic acids is 1. The Bertz CT molecular complexity index is 1360. The molecular weight excluding hydrogens is 440 g/mol. The summed E-state index contributed by atoms with van der Waals surface area (Å²) in [4.78, 5) is 25.2. The van der Waals surface area contributed by atoms with E-state index in [9.17, 15) is 9.90 Å². The molecule has 0 saturated carbocycles. The minimum Gasteiger partial charge on any atom is -0.497 e. The average Bonchev–Trinajstić information content (AvgIpc) is 3.26. The number of carbonyl (C=O) groups is 1. The van der Waals surface area contributed by atoms with Crippen molar-refractivity contribution in [3.63, 3.8) is 0 Å². The van der Waals surface area contributed by atoms with Gasteiger partial charge in [-0.05, 0) is 35.4 Å². The molecule has 2 aromatic carbocycles. The number of nitrogens with one attached hydrogen (secondary N) is 1. The number of aromatic amines is 1. The Hall–Kier alpha value is -3.68. The second kappa shape index (κ2) is 8.52. The fraction of sp³-hybridized carbons (Fsp3) is 0.286. The Morgan fingerprint density at radius 2 is 1.91 bits per heavy atom. The zero-order chi connectivity index (χ0) is 24.0. The zero-order valence-corrected chi connectivity index (χ0v) is 19.6. The molecule has 1 spiro atoms. The van der Waals surface area contributed by atoms with Gasteiger partial charge in [-0.1, -0.05) is 36.4 Å². The van der Waals surface area contributed by atoms with Gasteiger partial charge in [-0.3, -0.25) is 14.7 Å². The number of aliphatic hydroxyl groups excluding tert-OH is 1. The van der Waals surface area contributed by atoms with Crippen LogP contribution in [0, 0.1) is 0 Å². The van der Waals surface area contributed by atoms with Crippen molar-refractivity contribution in [2.75, 3.05) is 33.4 Å². The maximum absolute atomic E-state index is 13.1. The first-order valence-electron chi connectivity index (χ1n) is 11.9. The Balaban J connectivity index is 1.41. The third-order valence-corrected chi connectivity index (χ3v) is 7.40. The number of pyridine rings is 1. The SMILES string of the molecule is COc1ccc2c3c([nH]c2c1)[C@@H](CO)N(Cc1ccccc1)CC31CN(C(=O)c2ccccn2)C1. The van der Waals surface area contributed by atoms with E-state index in [2.05, 4.69) is 33.1 Å². The molecule has 2 aromatic heterocycles. The van der Waals surface area contributed by atoms with Crippen LogP contribution in [-0.2, 0) is 12.0 Å². The molecule has 4 aromatic rings. The monoisotopic (exact) mass is 468 g/mol. The van der Waals surface area contributed by atoms with Crippen LogP contribution in [0.15, 0.2) is 72.9 Å². The van der Waals surface area contributed by atoms with Crippen LogP contribution in [0.1, 0.15) is 33.4 Å². The van der Waals surface area contributed by atoms with Gasteiger partial charge in [0.1, 0.15) is 11.4 Å². The number of aliphatic hydroxyl groups is 1. The van der Waals surface area contributed by atoms with E-state index in [0.717, 1.165) is 35.4 Å². The van der Waals surface area contributed by atoms with Gasteiger partial charge >= 0.3 is 0 Å². The molecule has 6 rings (SSSR count). The van der Waals surface area contributed by atoms with Gasteiger partial charge in [0.25, 0.3) is 5.91 Å². The summed E-state index contributed by atoms with van der Waals surface area (Å²) in [6, 6.07) is 21.7. The Morgan fingerprint density at radius 1 is 1.11 bits per heavy atom. The van der Waals surface area contributed by atoms with Crippen LogP contribution in [0.4, 0.5) is 0 Å². The van der Waals surface area contributed by atoms with Crippen molar-refractivity contribution >= 4 is 16.8 Å². The molecule has 2 N–H and O–H groups in total. The molecule has 0 bridgehead atoms. The van der Waals surface area contributed by atoms with E-state index < -0.39 is 0 Å². The number of hydrogen-bond donors (Lipinski definition) is 2. The number of aromatic nitrogens is 2. The first kappa shape index (κ1) is 21.8. The largest absolute Gasteiger partial charge is 0.497 e. The Kier molecular flexibility index (Phi) is 5.31. The molecular formula is C28H28N4O3. The van der Waals surface area contributed by atoms with Gasteiger partial charge in [-0.15, -0.1) is 0 Å². The van der Waals surface area contributed by atoms with Crippen molar-refractivity contribution < 1.29 is 14.6 Å². The molecule has 7 nitrogen and oxygen atoms in total. The predicted molar refractivity (Wildman–Crippen MR) is 133 cm³/mol. The highest BCUT2D eigenvalue weighted by Gasteiger charge is 2.54. The molecule has 2 aliphatic rings. The van der Waals surface area contributed by atoms with E-state index in [1.165, 1.54) is 11.1 Å². The normalized spacial score (nSPS) is 18.9. The van der Waals surface area contributed by atoms with E-state index >= 15 is 0 Å². The number of fused-ring (bicyclic) bond motifs is 4. The maximum atomic E-state index is 13.1. The summed E-state index contributed by atoms with van der Waals surface area (Å²) >= 11 is 0. The highest BCUT2D eigenvalue weighted by Crippen LogP contribution is 2.49. The minimum absolute atomic E-state index is 0.0104. The summed E-state index contributed by atoms with van der Waals surface area (Å²) < 4.78 is 5.46. The van der Waals surface area contributed by atoms with E-state index in [4.69, 9.17) is 4.74 Å².